The lowest BCUT2D eigenvalue weighted by atomic mass is 9.12. The van der Waals surface area contributed by atoms with Gasteiger partial charge < -0.3 is 4.74 Å². The second-order valence-electron chi connectivity index (χ2n) is 14.0. The Morgan fingerprint density at radius 2 is 0.681 bits per heavy atom. The highest BCUT2D eigenvalue weighted by atomic mass is 19.4. The van der Waals surface area contributed by atoms with Gasteiger partial charge in [0, 0.05) is 23.1 Å². The van der Waals surface area contributed by atoms with Crippen LogP contribution in [0.3, 0.4) is 0 Å². The van der Waals surface area contributed by atoms with Gasteiger partial charge in [0.05, 0.1) is 0 Å². The zero-order valence-corrected chi connectivity index (χ0v) is 32.6. The van der Waals surface area contributed by atoms with Gasteiger partial charge >= 0.3 is 12.3 Å². The summed E-state index contributed by atoms with van der Waals surface area (Å²) in [6, 6.07) is 19.3. The number of pyridine rings is 1. The zero-order valence-electron chi connectivity index (χ0n) is 32.6. The maximum absolute atomic E-state index is 15.4. The molecule has 0 N–H and O–H groups in total. The van der Waals surface area contributed by atoms with Crippen LogP contribution in [-0.4, -0.2) is 18.5 Å². The predicted octanol–water partition coefficient (Wildman–Crippen LogP) is 9.70. The summed E-state index contributed by atoms with van der Waals surface area (Å²) in [4.78, 5) is 12.0. The number of carbonyl (C=O) groups is 1. The van der Waals surface area contributed by atoms with Crippen LogP contribution in [0, 0.1) is 116 Å². The van der Waals surface area contributed by atoms with Gasteiger partial charge in [0.1, 0.15) is 52.7 Å². The number of hydrogen-bond donors (Lipinski definition) is 0. The minimum absolute atomic E-state index is 0.158. The Morgan fingerprint density at radius 1 is 0.391 bits per heavy atom. The van der Waals surface area contributed by atoms with E-state index in [1.807, 2.05) is 42.5 Å². The van der Waals surface area contributed by atoms with E-state index in [0.29, 0.717) is 5.52 Å². The molecule has 0 aliphatic heterocycles. The second-order valence-corrected chi connectivity index (χ2v) is 14.0. The summed E-state index contributed by atoms with van der Waals surface area (Å²) >= 11 is 0. The average Bonchev–Trinajstić information content (AvgIpc) is 3.31. The summed E-state index contributed by atoms with van der Waals surface area (Å²) in [6.07, 6.45) is -12.2. The van der Waals surface area contributed by atoms with Gasteiger partial charge in [0.2, 0.25) is 5.52 Å². The zero-order chi connectivity index (χ0) is 51.5. The Bertz CT molecular complexity index is 2860. The van der Waals surface area contributed by atoms with Crippen molar-refractivity contribution in [2.75, 3.05) is 0 Å². The summed E-state index contributed by atoms with van der Waals surface area (Å²) < 4.78 is 336. The average molecular weight is 1010 g/mol. The number of ether oxygens (including phenoxy) is 1. The molecule has 69 heavy (non-hydrogen) atoms. The molecule has 0 saturated carbocycles. The van der Waals surface area contributed by atoms with Crippen LogP contribution in [0.1, 0.15) is 16.1 Å². The molecule has 1 aromatic heterocycles. The molecule has 7 rings (SSSR count). The smallest absolute Gasteiger partial charge is 0.365 e. The largest absolute Gasteiger partial charge is 0.575 e. The Labute approximate surface area is 367 Å². The number of fused-ring (bicyclic) bond motifs is 1. The van der Waals surface area contributed by atoms with Crippen molar-refractivity contribution < 1.29 is 115 Å². The van der Waals surface area contributed by atoms with Crippen molar-refractivity contribution in [2.45, 2.75) is 12.9 Å². The van der Waals surface area contributed by atoms with Crippen LogP contribution in [0.5, 0.6) is 0 Å². The summed E-state index contributed by atoms with van der Waals surface area (Å²) in [7, 11) is 0. The number of aromatic nitrogens is 1. The molecule has 7 aromatic rings. The molecule has 6 aromatic carbocycles. The molecule has 0 saturated heterocycles. The molecular formula is C42H13BF23NO2. The second kappa shape index (κ2) is 18.6. The van der Waals surface area contributed by atoms with E-state index in [4.69, 9.17) is 0 Å². The SMILES string of the molecule is Fc1c(F)c(F)c([B-](c2c(F)c(F)c(F)c(F)c2F)(c2c(F)c(F)c(F)c(F)c2F)c2c(F)c(F)c(F)c(F)c2F)c(F)c1F.O=C(OC(F)(F)F)c1ccc2ccccc2[n+]1Cc1ccccc1. The molecule has 1 heterocycles. The molecule has 0 unspecified atom stereocenters. The van der Waals surface area contributed by atoms with Crippen molar-refractivity contribution in [3.63, 3.8) is 0 Å². The minimum Gasteiger partial charge on any atom is -0.365 e. The maximum Gasteiger partial charge on any atom is 0.575 e. The van der Waals surface area contributed by atoms with Crippen LogP contribution in [0.15, 0.2) is 66.7 Å². The molecule has 0 spiro atoms. The minimum atomic E-state index is -7.22. The molecule has 0 aliphatic carbocycles. The van der Waals surface area contributed by atoms with Gasteiger partial charge in [-0.15, -0.1) is 35.0 Å². The first-order chi connectivity index (χ1) is 32.1. The van der Waals surface area contributed by atoms with E-state index in [2.05, 4.69) is 4.74 Å². The van der Waals surface area contributed by atoms with Crippen LogP contribution in [0.2, 0.25) is 0 Å². The first-order valence-corrected chi connectivity index (χ1v) is 18.1. The quantitative estimate of drug-likeness (QED) is 0.0398. The molecule has 0 fully saturated rings. The van der Waals surface area contributed by atoms with Gasteiger partial charge in [-0.25, -0.2) is 92.6 Å². The lowest BCUT2D eigenvalue weighted by Gasteiger charge is -2.44. The number of rotatable bonds is 7. The van der Waals surface area contributed by atoms with Crippen molar-refractivity contribution in [3.8, 4) is 0 Å². The standard InChI is InChI=1S/C24BF20.C18H13F3NO2/c26-5-1(6(27)14(35)21(42)13(5)34)25(2-7(28)15(36)22(43)16(37)8(2)29,3-9(30)17(38)23(44)18(39)10(3)31)4-11(32)19(40)24(45)20(41)12(4)33;19-18(20,21)24-17(23)16-11-10-14-8-4-5-9-15(14)22(16)12-13-6-2-1-3-7-13/h;1-11H,12H2/q-1;+1. The van der Waals surface area contributed by atoms with Gasteiger partial charge in [-0.05, 0) is 12.1 Å². The van der Waals surface area contributed by atoms with Crippen molar-refractivity contribution in [2.24, 2.45) is 0 Å². The van der Waals surface area contributed by atoms with Gasteiger partial charge in [-0.3, -0.25) is 0 Å². The Balaban J connectivity index is 0.000000273. The summed E-state index contributed by atoms with van der Waals surface area (Å²) in [5.41, 5.74) is -13.0. The molecule has 27 heteroatoms. The van der Waals surface area contributed by atoms with Crippen molar-refractivity contribution in [3.05, 3.63) is 194 Å². The Hall–Kier alpha value is -7.35. The third-order valence-electron chi connectivity index (χ3n) is 10.2. The van der Waals surface area contributed by atoms with Gasteiger partial charge in [-0.1, -0.05) is 42.5 Å². The lowest BCUT2D eigenvalue weighted by Crippen LogP contribution is -2.81. The molecule has 362 valence electrons. The van der Waals surface area contributed by atoms with Crippen LogP contribution in [0.25, 0.3) is 10.9 Å². The number of halogens is 23. The van der Waals surface area contributed by atoms with Gasteiger partial charge in [-0.2, -0.15) is 4.57 Å². The van der Waals surface area contributed by atoms with E-state index in [0.717, 1.165) is 10.9 Å². The highest BCUT2D eigenvalue weighted by molar-refractivity contribution is 7.20. The molecule has 0 bridgehead atoms. The van der Waals surface area contributed by atoms with E-state index in [1.54, 1.807) is 18.2 Å². The number of esters is 1. The van der Waals surface area contributed by atoms with E-state index < -0.39 is 157 Å². The van der Waals surface area contributed by atoms with Crippen molar-refractivity contribution in [1.29, 1.82) is 0 Å². The molecular weight excluding hydrogens is 998 g/mol. The summed E-state index contributed by atoms with van der Waals surface area (Å²) in [6.45, 7) is 0.254. The van der Waals surface area contributed by atoms with Crippen molar-refractivity contribution >= 4 is 44.9 Å². The lowest BCUT2D eigenvalue weighted by molar-refractivity contribution is -0.665. The fourth-order valence-electron chi connectivity index (χ4n) is 7.41. The van der Waals surface area contributed by atoms with Crippen LogP contribution < -0.4 is 26.4 Å². The van der Waals surface area contributed by atoms with Crippen LogP contribution in [0.4, 0.5) is 101 Å². The van der Waals surface area contributed by atoms with E-state index in [1.165, 1.54) is 10.6 Å². The third kappa shape index (κ3) is 8.40. The fourth-order valence-corrected chi connectivity index (χ4v) is 7.41. The number of para-hydroxylation sites is 1. The first-order valence-electron chi connectivity index (χ1n) is 18.1. The van der Waals surface area contributed by atoms with Crippen LogP contribution in [-0.2, 0) is 11.3 Å². The highest BCUT2D eigenvalue weighted by Gasteiger charge is 2.52. The van der Waals surface area contributed by atoms with Crippen LogP contribution >= 0.6 is 0 Å². The van der Waals surface area contributed by atoms with E-state index >= 15 is 35.1 Å². The third-order valence-corrected chi connectivity index (χ3v) is 10.2. The fraction of sp³-hybridized carbons (Fsp3) is 0.0476. The van der Waals surface area contributed by atoms with Gasteiger partial charge in [0.25, 0.3) is 5.69 Å². The molecule has 0 radical (unpaired) electrons. The topological polar surface area (TPSA) is 30.2 Å². The summed E-state index contributed by atoms with van der Waals surface area (Å²) in [5, 5.41) is 0.817. The predicted molar refractivity (Wildman–Crippen MR) is 190 cm³/mol. The first kappa shape index (κ1) is 51.1. The summed E-state index contributed by atoms with van der Waals surface area (Å²) in [5.74, 6) is -72.8. The highest BCUT2D eigenvalue weighted by Crippen LogP contribution is 2.31. The Morgan fingerprint density at radius 3 is 1.00 bits per heavy atom. The Kier molecular flexibility index (Phi) is 13.8. The number of benzene rings is 6. The molecule has 0 aliphatic rings. The molecule has 0 atom stereocenters. The molecule has 3 nitrogen and oxygen atoms in total. The van der Waals surface area contributed by atoms with E-state index in [9.17, 15) is 70.7 Å². The molecule has 0 amide bonds. The monoisotopic (exact) mass is 1010 g/mol. The number of alkyl halides is 3. The number of hydrogen-bond acceptors (Lipinski definition) is 2. The number of carbonyl (C=O) groups excluding carboxylic acids is 1. The van der Waals surface area contributed by atoms with E-state index in [-0.39, 0.29) is 12.2 Å². The van der Waals surface area contributed by atoms with Crippen molar-refractivity contribution in [1.82, 2.24) is 0 Å². The maximum atomic E-state index is 15.4. The number of nitrogens with zero attached hydrogens (tertiary/aromatic N) is 1. The van der Waals surface area contributed by atoms with Gasteiger partial charge in [0.15, 0.2) is 76.4 Å². The normalized spacial score (nSPS) is 11.8.